The number of ether oxygens (including phenoxy) is 3. The lowest BCUT2D eigenvalue weighted by Crippen LogP contribution is -2.32. The first-order valence-electron chi connectivity index (χ1n) is 12.8. The highest BCUT2D eigenvalue weighted by atomic mass is 16.7. The van der Waals surface area contributed by atoms with Crippen LogP contribution in [0.4, 0.5) is 5.82 Å². The van der Waals surface area contributed by atoms with Gasteiger partial charge < -0.3 is 24.1 Å². The van der Waals surface area contributed by atoms with E-state index in [0.717, 1.165) is 53.8 Å². The van der Waals surface area contributed by atoms with Crippen LogP contribution in [-0.4, -0.2) is 34.4 Å². The van der Waals surface area contributed by atoms with Gasteiger partial charge in [0.1, 0.15) is 23.5 Å². The molecule has 7 rings (SSSR count). The highest BCUT2D eigenvalue weighted by molar-refractivity contribution is 5.87. The Labute approximate surface area is 210 Å². The van der Waals surface area contributed by atoms with Gasteiger partial charge in [-0.3, -0.25) is 0 Å². The van der Waals surface area contributed by atoms with Crippen molar-refractivity contribution in [3.05, 3.63) is 83.8 Å². The molecule has 3 aliphatic rings. The van der Waals surface area contributed by atoms with Crippen molar-refractivity contribution in [2.45, 2.75) is 50.2 Å². The van der Waals surface area contributed by atoms with Crippen molar-refractivity contribution < 1.29 is 14.2 Å². The number of aromatic nitrogens is 3. The summed E-state index contributed by atoms with van der Waals surface area (Å²) < 4.78 is 20.1. The average Bonchev–Trinajstić information content (AvgIpc) is 3.65. The fourth-order valence-electron chi connectivity index (χ4n) is 6.22. The number of rotatable bonds is 5. The molecule has 7 heteroatoms. The molecule has 2 aliphatic carbocycles. The van der Waals surface area contributed by atoms with Gasteiger partial charge in [-0.05, 0) is 55.0 Å². The zero-order valence-electron chi connectivity index (χ0n) is 20.3. The molecule has 1 N–H and O–H groups in total. The monoisotopic (exact) mass is 482 g/mol. The van der Waals surface area contributed by atoms with E-state index in [1.807, 2.05) is 24.3 Å². The molecule has 36 heavy (non-hydrogen) atoms. The molecule has 1 unspecified atom stereocenters. The minimum atomic E-state index is -0.329. The quantitative estimate of drug-likeness (QED) is 0.399. The molecule has 4 aromatic rings. The van der Waals surface area contributed by atoms with Gasteiger partial charge >= 0.3 is 0 Å². The summed E-state index contributed by atoms with van der Waals surface area (Å²) in [6.07, 6.45) is 7.85. The first-order valence-corrected chi connectivity index (χ1v) is 12.8. The van der Waals surface area contributed by atoms with E-state index in [0.29, 0.717) is 18.6 Å². The van der Waals surface area contributed by atoms with Crippen LogP contribution in [0.15, 0.2) is 67.1 Å². The van der Waals surface area contributed by atoms with Crippen LogP contribution in [0.3, 0.4) is 0 Å². The van der Waals surface area contributed by atoms with Crippen LogP contribution in [0.25, 0.3) is 11.0 Å². The molecule has 1 aliphatic heterocycles. The minimum absolute atomic E-state index is 0.169. The molecular weight excluding hydrogens is 452 g/mol. The van der Waals surface area contributed by atoms with Crippen LogP contribution in [0.5, 0.6) is 5.75 Å². The van der Waals surface area contributed by atoms with Crippen LogP contribution in [0.2, 0.25) is 0 Å². The molecular formula is C29H30N4O3. The molecule has 1 saturated carbocycles. The Hall–Kier alpha value is -3.42. The topological polar surface area (TPSA) is 70.4 Å². The average molecular weight is 483 g/mol. The number of methoxy groups -OCH3 is 1. The third-order valence-corrected chi connectivity index (χ3v) is 8.10. The molecule has 7 nitrogen and oxygen atoms in total. The molecule has 0 spiro atoms. The van der Waals surface area contributed by atoms with Gasteiger partial charge in [-0.1, -0.05) is 36.4 Å². The molecule has 1 saturated heterocycles. The van der Waals surface area contributed by atoms with E-state index in [1.54, 1.807) is 13.4 Å². The number of hydrogen-bond acceptors (Lipinski definition) is 6. The molecule has 5 atom stereocenters. The Bertz CT molecular complexity index is 1390. The summed E-state index contributed by atoms with van der Waals surface area (Å²) in [4.78, 5) is 9.31. The van der Waals surface area contributed by atoms with Gasteiger partial charge in [0, 0.05) is 23.7 Å². The van der Waals surface area contributed by atoms with E-state index >= 15 is 0 Å². The van der Waals surface area contributed by atoms with Crippen molar-refractivity contribution in [3.8, 4) is 5.75 Å². The summed E-state index contributed by atoms with van der Waals surface area (Å²) in [5, 5.41) is 4.78. The SMILES string of the molecule is COc1ccc([C@H]2OC[C@@H]3C[C@@H](n4ccc5c(NC6CCc7ccccc76)ncnc54)C[C@@H]3O2)cc1. The van der Waals surface area contributed by atoms with Gasteiger partial charge in [0.05, 0.1) is 31.2 Å². The smallest absolute Gasteiger partial charge is 0.184 e. The van der Waals surface area contributed by atoms with E-state index in [4.69, 9.17) is 14.2 Å². The molecule has 0 bridgehead atoms. The third-order valence-electron chi connectivity index (χ3n) is 8.10. The fourth-order valence-corrected chi connectivity index (χ4v) is 6.22. The Morgan fingerprint density at radius 1 is 1.03 bits per heavy atom. The van der Waals surface area contributed by atoms with E-state index in [9.17, 15) is 0 Å². The molecule has 2 fully saturated rings. The van der Waals surface area contributed by atoms with Gasteiger partial charge in [-0.25, -0.2) is 9.97 Å². The lowest BCUT2D eigenvalue weighted by Gasteiger charge is -2.32. The maximum atomic E-state index is 6.43. The second-order valence-corrected chi connectivity index (χ2v) is 10.1. The summed E-state index contributed by atoms with van der Waals surface area (Å²) in [6.45, 7) is 0.708. The van der Waals surface area contributed by atoms with E-state index in [1.165, 1.54) is 11.1 Å². The molecule has 0 amide bonds. The first kappa shape index (κ1) is 21.8. The van der Waals surface area contributed by atoms with Gasteiger partial charge in [-0.15, -0.1) is 0 Å². The van der Waals surface area contributed by atoms with Gasteiger partial charge in [0.15, 0.2) is 6.29 Å². The van der Waals surface area contributed by atoms with Crippen molar-refractivity contribution in [1.82, 2.24) is 14.5 Å². The Morgan fingerprint density at radius 3 is 2.81 bits per heavy atom. The molecule has 2 aromatic carbocycles. The minimum Gasteiger partial charge on any atom is -0.497 e. The highest BCUT2D eigenvalue weighted by Gasteiger charge is 2.41. The first-order chi connectivity index (χ1) is 17.8. The standard InChI is InChI=1S/C29H30N4O3/c1-34-22-9-6-19(7-10-22)29-35-16-20-14-21(15-26(20)36-29)33-13-12-24-27(30-17-31-28(24)33)32-25-11-8-18-4-2-3-5-23(18)25/h2-7,9-10,12-13,17,20-21,25-26,29H,8,11,14-16H2,1H3,(H,30,31,32)/t20-,21+,25?,26-,29-/m0/s1. The fraction of sp³-hybridized carbons (Fsp3) is 0.379. The number of aryl methyl sites for hydroxylation is 1. The molecule has 184 valence electrons. The third kappa shape index (κ3) is 3.74. The maximum absolute atomic E-state index is 6.43. The Balaban J connectivity index is 1.09. The van der Waals surface area contributed by atoms with Crippen LogP contribution in [0, 0.1) is 5.92 Å². The van der Waals surface area contributed by atoms with Crippen molar-refractivity contribution in [1.29, 1.82) is 0 Å². The Kier molecular flexibility index (Phi) is 5.40. The number of hydrogen-bond donors (Lipinski definition) is 1. The van der Waals surface area contributed by atoms with Gasteiger partial charge in [0.2, 0.25) is 0 Å². The summed E-state index contributed by atoms with van der Waals surface area (Å²) >= 11 is 0. The zero-order chi connectivity index (χ0) is 24.1. The lowest BCUT2D eigenvalue weighted by molar-refractivity contribution is -0.233. The predicted molar refractivity (Wildman–Crippen MR) is 137 cm³/mol. The number of nitrogens with one attached hydrogen (secondary N) is 1. The lowest BCUT2D eigenvalue weighted by atomic mass is 10.1. The number of benzene rings is 2. The normalized spacial score (nSPS) is 27.1. The summed E-state index contributed by atoms with van der Waals surface area (Å²) in [6, 6.07) is 19.4. The van der Waals surface area contributed by atoms with Crippen LogP contribution < -0.4 is 10.1 Å². The molecule has 3 heterocycles. The zero-order valence-corrected chi connectivity index (χ0v) is 20.3. The molecule has 2 aromatic heterocycles. The van der Waals surface area contributed by atoms with Gasteiger partial charge in [0.25, 0.3) is 0 Å². The number of nitrogens with zero attached hydrogens (tertiary/aromatic N) is 3. The second-order valence-electron chi connectivity index (χ2n) is 10.1. The van der Waals surface area contributed by atoms with Gasteiger partial charge in [-0.2, -0.15) is 0 Å². The van der Waals surface area contributed by atoms with Crippen LogP contribution >= 0.6 is 0 Å². The summed E-state index contributed by atoms with van der Waals surface area (Å²) in [7, 11) is 1.68. The van der Waals surface area contributed by atoms with E-state index in [-0.39, 0.29) is 18.4 Å². The van der Waals surface area contributed by atoms with Crippen LogP contribution in [0.1, 0.15) is 54.3 Å². The largest absolute Gasteiger partial charge is 0.497 e. The Morgan fingerprint density at radius 2 is 1.92 bits per heavy atom. The number of fused-ring (bicyclic) bond motifs is 3. The maximum Gasteiger partial charge on any atom is 0.184 e. The summed E-state index contributed by atoms with van der Waals surface area (Å²) in [5.74, 6) is 2.13. The predicted octanol–water partition coefficient (Wildman–Crippen LogP) is 5.60. The van der Waals surface area contributed by atoms with Crippen molar-refractivity contribution >= 4 is 16.9 Å². The van der Waals surface area contributed by atoms with Crippen LogP contribution in [-0.2, 0) is 15.9 Å². The van der Waals surface area contributed by atoms with Crippen molar-refractivity contribution in [2.24, 2.45) is 5.92 Å². The number of anilines is 1. The van der Waals surface area contributed by atoms with Crippen molar-refractivity contribution in [2.75, 3.05) is 19.0 Å². The molecule has 0 radical (unpaired) electrons. The van der Waals surface area contributed by atoms with Crippen molar-refractivity contribution in [3.63, 3.8) is 0 Å². The summed E-state index contributed by atoms with van der Waals surface area (Å²) in [5.41, 5.74) is 4.82. The second kappa shape index (κ2) is 8.91. The highest BCUT2D eigenvalue weighted by Crippen LogP contribution is 2.44. The van der Waals surface area contributed by atoms with E-state index < -0.39 is 0 Å². The van der Waals surface area contributed by atoms with E-state index in [2.05, 4.69) is 56.4 Å².